The Morgan fingerprint density at radius 2 is 1.50 bits per heavy atom. The molecule has 7 fully saturated rings. The van der Waals surface area contributed by atoms with Gasteiger partial charge in [-0.25, -0.2) is 0 Å². The highest BCUT2D eigenvalue weighted by atomic mass is 16.2. The lowest BCUT2D eigenvalue weighted by molar-refractivity contribution is -0.597. The van der Waals surface area contributed by atoms with Gasteiger partial charge in [0, 0.05) is 13.1 Å². The Kier molecular flexibility index (Phi) is 1.51. The van der Waals surface area contributed by atoms with Crippen LogP contribution in [0, 0.1) is 58.2 Å². The Bertz CT molecular complexity index is 491. The Morgan fingerprint density at radius 3 is 1.95 bits per heavy atom. The Labute approximate surface area is 121 Å². The minimum Gasteiger partial charge on any atom is -0.342 e. The fourth-order valence-corrected chi connectivity index (χ4v) is 7.93. The van der Waals surface area contributed by atoms with Gasteiger partial charge in [-0.3, -0.25) is 4.79 Å². The van der Waals surface area contributed by atoms with E-state index in [-0.39, 0.29) is 5.41 Å². The lowest BCUT2D eigenvalue weighted by atomic mass is 8.96. The van der Waals surface area contributed by atoms with Crippen molar-refractivity contribution in [3.63, 3.8) is 0 Å². The van der Waals surface area contributed by atoms with Crippen LogP contribution in [-0.2, 0) is 4.79 Å². The van der Waals surface area contributed by atoms with Gasteiger partial charge in [-0.1, -0.05) is 20.8 Å². The molecule has 7 aliphatic rings. The fourth-order valence-electron chi connectivity index (χ4n) is 7.93. The van der Waals surface area contributed by atoms with Gasteiger partial charge < -0.3 is 4.90 Å². The molecule has 20 heavy (non-hydrogen) atoms. The largest absolute Gasteiger partial charge is 0.342 e. The number of nitrogens with zero attached hydrogens (tertiary/aromatic N) is 1. The van der Waals surface area contributed by atoms with Gasteiger partial charge in [0.2, 0.25) is 5.91 Å². The molecule has 6 aliphatic carbocycles. The second-order valence-electron chi connectivity index (χ2n) is 9.42. The van der Waals surface area contributed by atoms with E-state index in [9.17, 15) is 4.79 Å². The zero-order chi connectivity index (χ0) is 13.6. The van der Waals surface area contributed by atoms with E-state index in [1.165, 1.54) is 12.8 Å². The molecule has 0 atom stereocenters. The van der Waals surface area contributed by atoms with Crippen molar-refractivity contribution in [2.24, 2.45) is 58.2 Å². The van der Waals surface area contributed by atoms with Crippen LogP contribution in [0.5, 0.6) is 0 Å². The van der Waals surface area contributed by atoms with Crippen LogP contribution in [0.15, 0.2) is 0 Å². The Balaban J connectivity index is 1.21. The average Bonchev–Trinajstić information content (AvgIpc) is 2.47. The first kappa shape index (κ1) is 11.1. The number of likely N-dealkylation sites (tertiary alicyclic amines) is 1. The molecule has 6 saturated carbocycles. The van der Waals surface area contributed by atoms with E-state index in [1.807, 2.05) is 0 Å². The molecule has 0 spiro atoms. The number of hydrogen-bond donors (Lipinski definition) is 0. The van der Waals surface area contributed by atoms with E-state index in [1.54, 1.807) is 0 Å². The maximum Gasteiger partial charge on any atom is 0.229 e. The number of piperidine rings is 1. The summed E-state index contributed by atoms with van der Waals surface area (Å²) in [4.78, 5) is 15.4. The quantitative estimate of drug-likeness (QED) is 0.756. The maximum absolute atomic E-state index is 13.1. The zero-order valence-corrected chi connectivity index (χ0v) is 12.8. The zero-order valence-electron chi connectivity index (χ0n) is 12.8. The minimum absolute atomic E-state index is 0.236. The third kappa shape index (κ3) is 0.714. The van der Waals surface area contributed by atoms with Gasteiger partial charge >= 0.3 is 0 Å². The van der Waals surface area contributed by atoms with Crippen LogP contribution in [-0.4, -0.2) is 23.9 Å². The molecule has 0 bridgehead atoms. The summed E-state index contributed by atoms with van der Waals surface area (Å²) in [7, 11) is 0. The Morgan fingerprint density at radius 1 is 1.00 bits per heavy atom. The molecule has 2 nitrogen and oxygen atoms in total. The van der Waals surface area contributed by atoms with Gasteiger partial charge in [0.1, 0.15) is 0 Å². The highest BCUT2D eigenvalue weighted by molar-refractivity contribution is 5.91. The van der Waals surface area contributed by atoms with Crippen molar-refractivity contribution in [3.8, 4) is 0 Å². The molecule has 108 valence electrons. The highest BCUT2D eigenvalue weighted by Gasteiger charge is 3.06. The molecule has 0 radical (unpaired) electrons. The van der Waals surface area contributed by atoms with Gasteiger partial charge in [-0.15, -0.1) is 0 Å². The first-order valence-electron chi connectivity index (χ1n) is 8.83. The van der Waals surface area contributed by atoms with Crippen LogP contribution >= 0.6 is 0 Å². The van der Waals surface area contributed by atoms with E-state index in [0.29, 0.717) is 11.3 Å². The molecule has 1 amide bonds. The molecule has 0 N–H and O–H groups in total. The summed E-state index contributed by atoms with van der Waals surface area (Å²) in [6, 6.07) is 0. The summed E-state index contributed by atoms with van der Waals surface area (Å²) >= 11 is 0. The molecule has 1 aliphatic heterocycles. The molecule has 1 heterocycles. The van der Waals surface area contributed by atoms with Crippen LogP contribution in [0.2, 0.25) is 0 Å². The summed E-state index contributed by atoms with van der Waals surface area (Å²) in [6.07, 6.45) is 2.43. The first-order chi connectivity index (χ1) is 9.53. The Hall–Kier alpha value is -0.530. The lowest BCUT2D eigenvalue weighted by Gasteiger charge is -3.06. The normalized spacial score (nSPS) is 61.6. The van der Waals surface area contributed by atoms with Crippen molar-refractivity contribution in [2.45, 2.75) is 33.6 Å². The summed E-state index contributed by atoms with van der Waals surface area (Å²) in [5.41, 5.74) is 0.698. The topological polar surface area (TPSA) is 20.3 Å². The molecule has 0 aromatic heterocycles. The summed E-state index contributed by atoms with van der Waals surface area (Å²) in [5.74, 6) is 8.18. The predicted octanol–water partition coefficient (Wildman–Crippen LogP) is 2.64. The summed E-state index contributed by atoms with van der Waals surface area (Å²) in [5, 5.41) is 0. The summed E-state index contributed by atoms with van der Waals surface area (Å²) < 4.78 is 0. The third-order valence-corrected chi connectivity index (χ3v) is 9.43. The van der Waals surface area contributed by atoms with E-state index in [4.69, 9.17) is 0 Å². The number of amides is 1. The summed E-state index contributed by atoms with van der Waals surface area (Å²) in [6.45, 7) is 9.17. The standard InChI is InChI=1S/C18H25NO/c1-8(2)17(3)4-6-19(7-5-17)16(20)18-13-10-9-11(13)15(18)12(9)14(10)18/h8-15H,4-7H2,1-3H3. The maximum atomic E-state index is 13.1. The van der Waals surface area contributed by atoms with Crippen molar-refractivity contribution in [1.29, 1.82) is 0 Å². The predicted molar refractivity (Wildman–Crippen MR) is 75.6 cm³/mol. The molecule has 1 saturated heterocycles. The second kappa shape index (κ2) is 2.73. The van der Waals surface area contributed by atoms with E-state index in [2.05, 4.69) is 25.7 Å². The molecule has 0 aromatic carbocycles. The molecule has 0 aromatic rings. The molecular formula is C18H25NO. The SMILES string of the molecule is CC(C)C1(C)CCN(C(=O)C23C4C5C6C4C2C6C53)CC1. The molecule has 7 rings (SSSR count). The molecular weight excluding hydrogens is 246 g/mol. The molecule has 2 heteroatoms. The molecule has 0 unspecified atom stereocenters. The van der Waals surface area contributed by atoms with Gasteiger partial charge in [-0.05, 0) is 65.6 Å². The van der Waals surface area contributed by atoms with Crippen molar-refractivity contribution < 1.29 is 4.79 Å². The smallest absolute Gasteiger partial charge is 0.229 e. The minimum atomic E-state index is 0.236. The van der Waals surface area contributed by atoms with Crippen molar-refractivity contribution in [3.05, 3.63) is 0 Å². The fraction of sp³-hybridized carbons (Fsp3) is 0.944. The van der Waals surface area contributed by atoms with Crippen molar-refractivity contribution >= 4 is 5.91 Å². The van der Waals surface area contributed by atoms with Gasteiger partial charge in [0.15, 0.2) is 0 Å². The van der Waals surface area contributed by atoms with E-state index < -0.39 is 0 Å². The van der Waals surface area contributed by atoms with Gasteiger partial charge in [0.05, 0.1) is 5.41 Å². The van der Waals surface area contributed by atoms with Crippen LogP contribution < -0.4 is 0 Å². The van der Waals surface area contributed by atoms with E-state index >= 15 is 0 Å². The van der Waals surface area contributed by atoms with Gasteiger partial charge in [0.25, 0.3) is 0 Å². The van der Waals surface area contributed by atoms with Crippen LogP contribution in [0.3, 0.4) is 0 Å². The van der Waals surface area contributed by atoms with E-state index in [0.717, 1.165) is 60.4 Å². The highest BCUT2D eigenvalue weighted by Crippen LogP contribution is 3.06. The second-order valence-corrected chi connectivity index (χ2v) is 9.42. The van der Waals surface area contributed by atoms with Crippen molar-refractivity contribution in [2.75, 3.05) is 13.1 Å². The third-order valence-electron chi connectivity index (χ3n) is 9.43. The lowest BCUT2D eigenvalue weighted by Crippen LogP contribution is -3.07. The van der Waals surface area contributed by atoms with Crippen LogP contribution in [0.1, 0.15) is 33.6 Å². The van der Waals surface area contributed by atoms with Crippen molar-refractivity contribution in [1.82, 2.24) is 4.90 Å². The number of hydrogen-bond acceptors (Lipinski definition) is 1. The van der Waals surface area contributed by atoms with Crippen LogP contribution in [0.4, 0.5) is 0 Å². The average molecular weight is 271 g/mol. The number of carbonyl (C=O) groups is 1. The van der Waals surface area contributed by atoms with Gasteiger partial charge in [-0.2, -0.15) is 0 Å². The number of carbonyl (C=O) groups excluding carboxylic acids is 1. The number of rotatable bonds is 2. The first-order valence-corrected chi connectivity index (χ1v) is 8.83. The monoisotopic (exact) mass is 271 g/mol. The van der Waals surface area contributed by atoms with Crippen LogP contribution in [0.25, 0.3) is 0 Å².